The third kappa shape index (κ3) is 2.28. The molecule has 1 aliphatic rings. The highest BCUT2D eigenvalue weighted by Crippen LogP contribution is 2.38. The molecule has 0 amide bonds. The van der Waals surface area contributed by atoms with Gasteiger partial charge in [-0.3, -0.25) is 4.79 Å². The molecule has 0 atom stereocenters. The number of aromatic nitrogens is 2. The summed E-state index contributed by atoms with van der Waals surface area (Å²) in [4.78, 5) is 19.2. The molecule has 3 nitrogen and oxygen atoms in total. The first-order valence-corrected chi connectivity index (χ1v) is 6.50. The Morgan fingerprint density at radius 1 is 1.42 bits per heavy atom. The number of nitrogens with zero attached hydrogens (tertiary/aromatic N) is 1. The minimum absolute atomic E-state index is 0.0342. The molecular weight excluding hydrogens is 267 g/mol. The van der Waals surface area contributed by atoms with Crippen LogP contribution in [0.4, 0.5) is 4.39 Å². The molecule has 0 radical (unpaired) electrons. The zero-order chi connectivity index (χ0) is 13.6. The summed E-state index contributed by atoms with van der Waals surface area (Å²) in [7, 11) is 0. The van der Waals surface area contributed by atoms with Crippen LogP contribution in [0.25, 0.3) is 11.3 Å². The summed E-state index contributed by atoms with van der Waals surface area (Å²) in [6.45, 7) is 1.70. The lowest BCUT2D eigenvalue weighted by Gasteiger charge is -2.08. The van der Waals surface area contributed by atoms with Crippen LogP contribution in [0.5, 0.6) is 0 Å². The van der Waals surface area contributed by atoms with Crippen molar-refractivity contribution >= 4 is 11.6 Å². The van der Waals surface area contributed by atoms with Crippen molar-refractivity contribution in [2.24, 2.45) is 0 Å². The summed E-state index contributed by atoms with van der Waals surface area (Å²) in [6.07, 6.45) is 2.10. The fourth-order valence-corrected chi connectivity index (χ4v) is 2.21. The molecule has 3 rings (SSSR count). The van der Waals surface area contributed by atoms with Crippen LogP contribution in [0, 0.1) is 12.7 Å². The van der Waals surface area contributed by atoms with Crippen LogP contribution in [0.15, 0.2) is 23.0 Å². The number of rotatable bonds is 2. The van der Waals surface area contributed by atoms with E-state index in [2.05, 4.69) is 9.97 Å². The summed E-state index contributed by atoms with van der Waals surface area (Å²) in [5, 5.41) is 0.0342. The molecule has 0 spiro atoms. The number of benzene rings is 1. The lowest BCUT2D eigenvalue weighted by molar-refractivity contribution is 0.628. The van der Waals surface area contributed by atoms with Gasteiger partial charge in [-0.05, 0) is 38.0 Å². The predicted molar refractivity (Wildman–Crippen MR) is 72.0 cm³/mol. The zero-order valence-corrected chi connectivity index (χ0v) is 11.1. The molecule has 1 aromatic carbocycles. The molecule has 1 saturated carbocycles. The molecule has 0 bridgehead atoms. The number of halogens is 2. The van der Waals surface area contributed by atoms with Crippen molar-refractivity contribution in [3.05, 3.63) is 50.8 Å². The van der Waals surface area contributed by atoms with Crippen LogP contribution in [-0.2, 0) is 0 Å². The molecule has 1 N–H and O–H groups in total. The monoisotopic (exact) mass is 278 g/mol. The average Bonchev–Trinajstić information content (AvgIpc) is 3.20. The van der Waals surface area contributed by atoms with Crippen molar-refractivity contribution < 1.29 is 4.39 Å². The molecule has 2 aromatic rings. The molecule has 1 aromatic heterocycles. The summed E-state index contributed by atoms with van der Waals surface area (Å²) in [5.41, 5.74) is 1.61. The zero-order valence-electron chi connectivity index (χ0n) is 10.3. The van der Waals surface area contributed by atoms with Crippen LogP contribution in [0.3, 0.4) is 0 Å². The van der Waals surface area contributed by atoms with Crippen LogP contribution in [0.1, 0.15) is 30.1 Å². The Hall–Kier alpha value is -1.68. The number of hydrogen-bond donors (Lipinski definition) is 1. The summed E-state index contributed by atoms with van der Waals surface area (Å²) in [6, 6.07) is 4.38. The van der Waals surface area contributed by atoms with Gasteiger partial charge in [0.2, 0.25) is 0 Å². The third-order valence-electron chi connectivity index (χ3n) is 3.33. The van der Waals surface area contributed by atoms with Gasteiger partial charge < -0.3 is 4.98 Å². The van der Waals surface area contributed by atoms with Gasteiger partial charge in [0.05, 0.1) is 10.7 Å². The van der Waals surface area contributed by atoms with E-state index in [-0.39, 0.29) is 10.6 Å². The van der Waals surface area contributed by atoms with E-state index < -0.39 is 5.82 Å². The summed E-state index contributed by atoms with van der Waals surface area (Å²) in [5.74, 6) is 0.587. The lowest BCUT2D eigenvalue weighted by atomic mass is 10.1. The SMILES string of the molecule is Cc1c(-c2ccc(F)c(Cl)c2)nc(C2CC2)[nH]c1=O. The molecule has 98 valence electrons. The largest absolute Gasteiger partial charge is 0.310 e. The maximum atomic E-state index is 13.2. The van der Waals surface area contributed by atoms with E-state index in [0.717, 1.165) is 12.8 Å². The van der Waals surface area contributed by atoms with Gasteiger partial charge in [0.1, 0.15) is 11.6 Å². The van der Waals surface area contributed by atoms with Crippen molar-refractivity contribution in [2.45, 2.75) is 25.7 Å². The van der Waals surface area contributed by atoms with Crippen molar-refractivity contribution in [2.75, 3.05) is 0 Å². The predicted octanol–water partition coefficient (Wildman–Crippen LogP) is 3.42. The minimum Gasteiger partial charge on any atom is -0.310 e. The van der Waals surface area contributed by atoms with Crippen LogP contribution >= 0.6 is 11.6 Å². The minimum atomic E-state index is -0.477. The summed E-state index contributed by atoms with van der Waals surface area (Å²) >= 11 is 5.78. The second-order valence-corrected chi connectivity index (χ2v) is 5.24. The fraction of sp³-hybridized carbons (Fsp3) is 0.286. The van der Waals surface area contributed by atoms with Gasteiger partial charge in [-0.1, -0.05) is 11.6 Å². The van der Waals surface area contributed by atoms with Gasteiger partial charge in [0.25, 0.3) is 5.56 Å². The van der Waals surface area contributed by atoms with E-state index in [1.54, 1.807) is 13.0 Å². The van der Waals surface area contributed by atoms with Crippen molar-refractivity contribution in [1.82, 2.24) is 9.97 Å². The van der Waals surface area contributed by atoms with Gasteiger partial charge >= 0.3 is 0 Å². The van der Waals surface area contributed by atoms with Crippen molar-refractivity contribution in [3.63, 3.8) is 0 Å². The van der Waals surface area contributed by atoms with E-state index in [9.17, 15) is 9.18 Å². The smallest absolute Gasteiger partial charge is 0.254 e. The van der Waals surface area contributed by atoms with Crippen LogP contribution in [0.2, 0.25) is 5.02 Å². The number of hydrogen-bond acceptors (Lipinski definition) is 2. The van der Waals surface area contributed by atoms with Gasteiger partial charge in [-0.2, -0.15) is 0 Å². The standard InChI is InChI=1S/C14H12ClFN2O/c1-7-12(9-4-5-11(16)10(15)6-9)17-13(8-2-3-8)18-14(7)19/h4-6,8H,2-3H2,1H3,(H,17,18,19). The van der Waals surface area contributed by atoms with Crippen LogP contribution in [-0.4, -0.2) is 9.97 Å². The van der Waals surface area contributed by atoms with E-state index in [4.69, 9.17) is 11.6 Å². The second kappa shape index (κ2) is 4.46. The molecule has 1 heterocycles. The molecule has 1 aliphatic carbocycles. The maximum Gasteiger partial charge on any atom is 0.254 e. The lowest BCUT2D eigenvalue weighted by Crippen LogP contribution is -2.15. The first kappa shape index (κ1) is 12.4. The Labute approximate surface area is 114 Å². The topological polar surface area (TPSA) is 45.8 Å². The Kier molecular flexibility index (Phi) is 2.90. The quantitative estimate of drug-likeness (QED) is 0.915. The van der Waals surface area contributed by atoms with Gasteiger partial charge in [0.15, 0.2) is 0 Å². The molecule has 5 heteroatoms. The van der Waals surface area contributed by atoms with E-state index in [1.807, 2.05) is 0 Å². The highest BCUT2D eigenvalue weighted by molar-refractivity contribution is 6.31. The number of nitrogens with one attached hydrogen (secondary N) is 1. The Morgan fingerprint density at radius 2 is 2.16 bits per heavy atom. The van der Waals surface area contributed by atoms with Crippen molar-refractivity contribution in [1.29, 1.82) is 0 Å². The molecule has 19 heavy (non-hydrogen) atoms. The fourth-order valence-electron chi connectivity index (χ4n) is 2.02. The van der Waals surface area contributed by atoms with Gasteiger partial charge in [0, 0.05) is 17.0 Å². The Bertz CT molecular complexity index is 707. The normalized spacial score (nSPS) is 14.7. The van der Waals surface area contributed by atoms with Gasteiger partial charge in [-0.25, -0.2) is 9.37 Å². The average molecular weight is 279 g/mol. The van der Waals surface area contributed by atoms with Crippen LogP contribution < -0.4 is 5.56 Å². The molecular formula is C14H12ClFN2O. The van der Waals surface area contributed by atoms with E-state index in [1.165, 1.54) is 12.1 Å². The second-order valence-electron chi connectivity index (χ2n) is 4.83. The molecule has 0 aliphatic heterocycles. The van der Waals surface area contributed by atoms with Gasteiger partial charge in [-0.15, -0.1) is 0 Å². The number of H-pyrrole nitrogens is 1. The highest BCUT2D eigenvalue weighted by atomic mass is 35.5. The maximum absolute atomic E-state index is 13.2. The first-order valence-electron chi connectivity index (χ1n) is 6.12. The molecule has 0 saturated heterocycles. The highest BCUT2D eigenvalue weighted by Gasteiger charge is 2.27. The third-order valence-corrected chi connectivity index (χ3v) is 3.62. The molecule has 0 unspecified atom stereocenters. The Balaban J connectivity index is 2.17. The van der Waals surface area contributed by atoms with E-state index in [0.29, 0.717) is 28.6 Å². The number of aromatic amines is 1. The summed E-state index contributed by atoms with van der Waals surface area (Å²) < 4.78 is 13.2. The van der Waals surface area contributed by atoms with Crippen molar-refractivity contribution in [3.8, 4) is 11.3 Å². The first-order chi connectivity index (χ1) is 9.06. The van der Waals surface area contributed by atoms with E-state index >= 15 is 0 Å². The Morgan fingerprint density at radius 3 is 2.79 bits per heavy atom. The molecule has 1 fully saturated rings.